The fourth-order valence-electron chi connectivity index (χ4n) is 3.71. The van der Waals surface area contributed by atoms with E-state index >= 15 is 0 Å². The fraction of sp³-hybridized carbons (Fsp3) is 0.500. The molecule has 0 saturated carbocycles. The minimum atomic E-state index is -0.120. The molecular formula is C22H30N4O2. The molecule has 6 heteroatoms. The monoisotopic (exact) mass is 382 g/mol. The van der Waals surface area contributed by atoms with Crippen molar-refractivity contribution in [2.75, 3.05) is 18.0 Å². The molecule has 0 radical (unpaired) electrons. The number of hydrogen-bond donors (Lipinski definition) is 1. The van der Waals surface area contributed by atoms with Crippen LogP contribution < -0.4 is 15.8 Å². The summed E-state index contributed by atoms with van der Waals surface area (Å²) in [7, 11) is 0. The highest BCUT2D eigenvalue weighted by Gasteiger charge is 2.27. The van der Waals surface area contributed by atoms with Gasteiger partial charge in [0.15, 0.2) is 0 Å². The SMILES string of the molecule is CCC(CC)NC(=O)[C@@H]1CCCN(c2cnn(Cc3ccccc3)c(=O)c2)C1. The summed E-state index contributed by atoms with van der Waals surface area (Å²) in [5.41, 5.74) is 1.72. The number of aromatic nitrogens is 2. The van der Waals surface area contributed by atoms with E-state index < -0.39 is 0 Å². The summed E-state index contributed by atoms with van der Waals surface area (Å²) in [6, 6.07) is 11.7. The number of amides is 1. The number of hydrogen-bond acceptors (Lipinski definition) is 4. The summed E-state index contributed by atoms with van der Waals surface area (Å²) in [6.07, 6.45) is 5.46. The van der Waals surface area contributed by atoms with Crippen molar-refractivity contribution < 1.29 is 4.79 Å². The summed E-state index contributed by atoms with van der Waals surface area (Å²) in [5, 5.41) is 7.51. The van der Waals surface area contributed by atoms with Crippen molar-refractivity contribution in [2.45, 2.75) is 52.1 Å². The summed E-state index contributed by atoms with van der Waals surface area (Å²) in [6.45, 7) is 6.13. The Morgan fingerprint density at radius 2 is 2.00 bits per heavy atom. The van der Waals surface area contributed by atoms with E-state index in [-0.39, 0.29) is 23.4 Å². The van der Waals surface area contributed by atoms with E-state index in [0.29, 0.717) is 13.1 Å². The van der Waals surface area contributed by atoms with Crippen LogP contribution in [-0.4, -0.2) is 34.8 Å². The Labute approximate surface area is 166 Å². The lowest BCUT2D eigenvalue weighted by Crippen LogP contribution is -2.46. The summed E-state index contributed by atoms with van der Waals surface area (Å²) < 4.78 is 1.47. The van der Waals surface area contributed by atoms with Gasteiger partial charge in [-0.15, -0.1) is 0 Å². The number of carbonyl (C=O) groups is 1. The normalized spacial score (nSPS) is 17.0. The van der Waals surface area contributed by atoms with Gasteiger partial charge in [-0.05, 0) is 31.2 Å². The molecule has 1 saturated heterocycles. The summed E-state index contributed by atoms with van der Waals surface area (Å²) in [5.74, 6) is 0.0879. The number of piperidine rings is 1. The van der Waals surface area contributed by atoms with Gasteiger partial charge in [0, 0.05) is 25.2 Å². The molecule has 2 aromatic rings. The highest BCUT2D eigenvalue weighted by Crippen LogP contribution is 2.22. The Bertz CT molecular complexity index is 830. The lowest BCUT2D eigenvalue weighted by atomic mass is 9.96. The summed E-state index contributed by atoms with van der Waals surface area (Å²) in [4.78, 5) is 27.2. The van der Waals surface area contributed by atoms with E-state index in [2.05, 4.69) is 29.2 Å². The number of rotatable bonds is 7. The Balaban J connectivity index is 1.67. The molecule has 6 nitrogen and oxygen atoms in total. The third kappa shape index (κ3) is 5.00. The summed E-state index contributed by atoms with van der Waals surface area (Å²) >= 11 is 0. The maximum absolute atomic E-state index is 12.6. The second kappa shape index (κ2) is 9.53. The van der Waals surface area contributed by atoms with E-state index in [1.807, 2.05) is 30.3 Å². The lowest BCUT2D eigenvalue weighted by molar-refractivity contribution is -0.126. The molecule has 1 amide bonds. The van der Waals surface area contributed by atoms with Crippen molar-refractivity contribution in [3.05, 3.63) is 58.5 Å². The number of nitrogens with zero attached hydrogens (tertiary/aromatic N) is 3. The molecule has 0 bridgehead atoms. The van der Waals surface area contributed by atoms with Crippen LogP contribution in [0.5, 0.6) is 0 Å². The number of anilines is 1. The van der Waals surface area contributed by atoms with Crippen molar-refractivity contribution in [1.29, 1.82) is 0 Å². The van der Waals surface area contributed by atoms with Crippen LogP contribution in [0.4, 0.5) is 5.69 Å². The van der Waals surface area contributed by atoms with Crippen molar-refractivity contribution in [2.24, 2.45) is 5.92 Å². The minimum Gasteiger partial charge on any atom is -0.369 e. The molecule has 150 valence electrons. The molecule has 1 aromatic carbocycles. The minimum absolute atomic E-state index is 0.0406. The van der Waals surface area contributed by atoms with Gasteiger partial charge >= 0.3 is 0 Å². The zero-order valence-corrected chi connectivity index (χ0v) is 16.8. The first-order chi connectivity index (χ1) is 13.6. The highest BCUT2D eigenvalue weighted by atomic mass is 16.2. The zero-order chi connectivity index (χ0) is 19.9. The van der Waals surface area contributed by atoms with E-state index in [9.17, 15) is 9.59 Å². The second-order valence-corrected chi connectivity index (χ2v) is 7.50. The molecule has 0 spiro atoms. The van der Waals surface area contributed by atoms with E-state index in [0.717, 1.165) is 43.5 Å². The lowest BCUT2D eigenvalue weighted by Gasteiger charge is -2.34. The van der Waals surface area contributed by atoms with Crippen LogP contribution >= 0.6 is 0 Å². The largest absolute Gasteiger partial charge is 0.369 e. The van der Waals surface area contributed by atoms with Crippen molar-refractivity contribution in [3.63, 3.8) is 0 Å². The Hall–Kier alpha value is -2.63. The highest BCUT2D eigenvalue weighted by molar-refractivity contribution is 5.79. The first-order valence-corrected chi connectivity index (χ1v) is 10.3. The van der Waals surface area contributed by atoms with Gasteiger partial charge in [0.2, 0.25) is 5.91 Å². The van der Waals surface area contributed by atoms with Gasteiger partial charge in [-0.2, -0.15) is 5.10 Å². The molecule has 1 fully saturated rings. The van der Waals surface area contributed by atoms with Crippen molar-refractivity contribution in [1.82, 2.24) is 15.1 Å². The number of nitrogens with one attached hydrogen (secondary N) is 1. The average molecular weight is 383 g/mol. The van der Waals surface area contributed by atoms with Gasteiger partial charge in [0.1, 0.15) is 0 Å². The molecule has 2 heterocycles. The van der Waals surface area contributed by atoms with Gasteiger partial charge in [-0.3, -0.25) is 9.59 Å². The molecule has 1 aromatic heterocycles. The third-order valence-corrected chi connectivity index (χ3v) is 5.52. The van der Waals surface area contributed by atoms with Gasteiger partial charge in [-0.1, -0.05) is 44.2 Å². The second-order valence-electron chi connectivity index (χ2n) is 7.50. The first kappa shape index (κ1) is 20.1. The maximum atomic E-state index is 12.6. The van der Waals surface area contributed by atoms with Crippen molar-refractivity contribution >= 4 is 11.6 Å². The molecule has 0 aliphatic carbocycles. The van der Waals surface area contributed by atoms with Gasteiger partial charge in [0.05, 0.1) is 24.3 Å². The molecule has 3 rings (SSSR count). The molecule has 1 aliphatic rings. The quantitative estimate of drug-likeness (QED) is 0.800. The predicted octanol–water partition coefficient (Wildman–Crippen LogP) is 2.81. The number of benzene rings is 1. The molecule has 0 unspecified atom stereocenters. The van der Waals surface area contributed by atoms with Crippen LogP contribution in [-0.2, 0) is 11.3 Å². The van der Waals surface area contributed by atoms with Crippen LogP contribution in [0.15, 0.2) is 47.4 Å². The van der Waals surface area contributed by atoms with Crippen LogP contribution in [0, 0.1) is 5.92 Å². The maximum Gasteiger partial charge on any atom is 0.269 e. The molecule has 1 aliphatic heterocycles. The topological polar surface area (TPSA) is 67.2 Å². The fourth-order valence-corrected chi connectivity index (χ4v) is 3.71. The smallest absolute Gasteiger partial charge is 0.269 e. The predicted molar refractivity (Wildman–Crippen MR) is 111 cm³/mol. The standard InChI is InChI=1S/C22H30N4O2/c1-3-19(4-2)24-22(28)18-11-8-12-25(16-18)20-13-21(27)26(23-14-20)15-17-9-6-5-7-10-17/h5-7,9-10,13-14,18-19H,3-4,8,11-12,15-16H2,1-2H3,(H,24,28)/t18-/m1/s1. The molecule has 1 atom stereocenters. The zero-order valence-electron chi connectivity index (χ0n) is 16.8. The number of carbonyl (C=O) groups excluding carboxylic acids is 1. The Morgan fingerprint density at radius 3 is 2.68 bits per heavy atom. The average Bonchev–Trinajstić information content (AvgIpc) is 2.74. The Kier molecular flexibility index (Phi) is 6.85. The Morgan fingerprint density at radius 1 is 1.25 bits per heavy atom. The van der Waals surface area contributed by atoms with Crippen LogP contribution in [0.2, 0.25) is 0 Å². The van der Waals surface area contributed by atoms with E-state index in [1.54, 1.807) is 12.3 Å². The van der Waals surface area contributed by atoms with Gasteiger partial charge in [0.25, 0.3) is 5.56 Å². The van der Waals surface area contributed by atoms with E-state index in [4.69, 9.17) is 0 Å². The third-order valence-electron chi connectivity index (χ3n) is 5.52. The van der Waals surface area contributed by atoms with Crippen LogP contribution in [0.25, 0.3) is 0 Å². The molecule has 1 N–H and O–H groups in total. The van der Waals surface area contributed by atoms with Crippen LogP contribution in [0.1, 0.15) is 45.1 Å². The molecular weight excluding hydrogens is 352 g/mol. The molecule has 28 heavy (non-hydrogen) atoms. The van der Waals surface area contributed by atoms with Gasteiger partial charge in [-0.25, -0.2) is 4.68 Å². The van der Waals surface area contributed by atoms with E-state index in [1.165, 1.54) is 4.68 Å². The van der Waals surface area contributed by atoms with Gasteiger partial charge < -0.3 is 10.2 Å². The van der Waals surface area contributed by atoms with Crippen molar-refractivity contribution in [3.8, 4) is 0 Å². The van der Waals surface area contributed by atoms with Crippen LogP contribution in [0.3, 0.4) is 0 Å². The first-order valence-electron chi connectivity index (χ1n) is 10.3.